The molecule has 2 amide bonds. The van der Waals surface area contributed by atoms with Crippen molar-refractivity contribution in [3.05, 3.63) is 30.2 Å². The van der Waals surface area contributed by atoms with Gasteiger partial charge in [0.15, 0.2) is 12.2 Å². The number of ether oxygens (including phenoxy) is 1. The van der Waals surface area contributed by atoms with Crippen molar-refractivity contribution in [2.75, 3.05) is 19.7 Å². The Bertz CT molecular complexity index is 793. The summed E-state index contributed by atoms with van der Waals surface area (Å²) in [6, 6.07) is 6.20. The molecule has 0 saturated carbocycles. The summed E-state index contributed by atoms with van der Waals surface area (Å²) < 4.78 is 10.4. The van der Waals surface area contributed by atoms with Crippen LogP contribution in [0.4, 0.5) is 4.79 Å². The van der Waals surface area contributed by atoms with E-state index in [0.717, 1.165) is 19.3 Å². The largest absolute Gasteiger partial charge is 0.439 e. The van der Waals surface area contributed by atoms with E-state index in [-0.39, 0.29) is 18.4 Å². The number of para-hydroxylation sites is 2. The predicted octanol–water partition coefficient (Wildman–Crippen LogP) is 2.53. The van der Waals surface area contributed by atoms with Crippen LogP contribution in [0.5, 0.6) is 0 Å². The summed E-state index contributed by atoms with van der Waals surface area (Å²) in [5, 5.41) is 2.49. The molecule has 1 saturated heterocycles. The third-order valence-electron chi connectivity index (χ3n) is 4.56. The molecule has 144 valence electrons. The number of Topliss-reactive ketones (excluding diaryl/α,β-unsaturated/α-hetero) is 1. The van der Waals surface area contributed by atoms with Crippen molar-refractivity contribution in [3.63, 3.8) is 0 Å². The van der Waals surface area contributed by atoms with Crippen molar-refractivity contribution in [1.82, 2.24) is 15.2 Å². The fourth-order valence-electron chi connectivity index (χ4n) is 3.03. The van der Waals surface area contributed by atoms with E-state index in [1.54, 1.807) is 36.1 Å². The maximum absolute atomic E-state index is 12.6. The van der Waals surface area contributed by atoms with E-state index < -0.39 is 17.9 Å². The number of nitrogens with zero attached hydrogens (tertiary/aromatic N) is 2. The van der Waals surface area contributed by atoms with Gasteiger partial charge in [0.25, 0.3) is 11.8 Å². The lowest BCUT2D eigenvalue weighted by Gasteiger charge is -2.26. The SMILES string of the molecule is CCC(NC(=O)OCC(=O)N1CCCCC1)C(=O)c1nc2ccccc2o1. The number of aromatic nitrogens is 1. The molecule has 1 atom stereocenters. The van der Waals surface area contributed by atoms with Crippen LogP contribution in [0.3, 0.4) is 0 Å². The molecule has 0 aliphatic carbocycles. The van der Waals surface area contributed by atoms with Crippen LogP contribution in [-0.2, 0) is 9.53 Å². The normalized spacial score (nSPS) is 15.4. The quantitative estimate of drug-likeness (QED) is 0.781. The molecule has 1 aromatic heterocycles. The lowest BCUT2D eigenvalue weighted by Crippen LogP contribution is -2.43. The predicted molar refractivity (Wildman–Crippen MR) is 97.3 cm³/mol. The van der Waals surface area contributed by atoms with Crippen molar-refractivity contribution in [2.24, 2.45) is 0 Å². The molecule has 1 fully saturated rings. The molecule has 2 aromatic rings. The van der Waals surface area contributed by atoms with E-state index in [0.29, 0.717) is 30.6 Å². The van der Waals surface area contributed by atoms with Gasteiger partial charge in [-0.1, -0.05) is 19.1 Å². The van der Waals surface area contributed by atoms with Crippen molar-refractivity contribution in [2.45, 2.75) is 38.6 Å². The summed E-state index contributed by atoms with van der Waals surface area (Å²) in [5.74, 6) is -0.719. The van der Waals surface area contributed by atoms with Crippen LogP contribution in [0.25, 0.3) is 11.1 Å². The van der Waals surface area contributed by atoms with Crippen LogP contribution < -0.4 is 5.32 Å². The van der Waals surface area contributed by atoms with Gasteiger partial charge in [0.2, 0.25) is 5.78 Å². The van der Waals surface area contributed by atoms with Gasteiger partial charge in [-0.15, -0.1) is 0 Å². The first-order valence-corrected chi connectivity index (χ1v) is 9.19. The fourth-order valence-corrected chi connectivity index (χ4v) is 3.03. The number of rotatable bonds is 6. The molecular formula is C19H23N3O5. The van der Waals surface area contributed by atoms with Gasteiger partial charge in [0.05, 0.1) is 0 Å². The molecule has 1 aliphatic rings. The Morgan fingerprint density at radius 2 is 1.96 bits per heavy atom. The van der Waals surface area contributed by atoms with Gasteiger partial charge in [-0.25, -0.2) is 9.78 Å². The molecule has 27 heavy (non-hydrogen) atoms. The number of hydrogen-bond donors (Lipinski definition) is 1. The topological polar surface area (TPSA) is 102 Å². The van der Waals surface area contributed by atoms with Crippen LogP contribution in [0.1, 0.15) is 43.3 Å². The lowest BCUT2D eigenvalue weighted by molar-refractivity contribution is -0.135. The number of ketones is 1. The van der Waals surface area contributed by atoms with Crippen molar-refractivity contribution in [1.29, 1.82) is 0 Å². The zero-order valence-corrected chi connectivity index (χ0v) is 15.3. The van der Waals surface area contributed by atoms with Crippen LogP contribution in [0.15, 0.2) is 28.7 Å². The first kappa shape index (κ1) is 18.9. The Kier molecular flexibility index (Phi) is 6.05. The fraction of sp³-hybridized carbons (Fsp3) is 0.474. The van der Waals surface area contributed by atoms with Gasteiger partial charge >= 0.3 is 6.09 Å². The van der Waals surface area contributed by atoms with Crippen molar-refractivity contribution >= 4 is 28.9 Å². The van der Waals surface area contributed by atoms with E-state index in [9.17, 15) is 14.4 Å². The summed E-state index contributed by atoms with van der Waals surface area (Å²) >= 11 is 0. The van der Waals surface area contributed by atoms with Crippen LogP contribution in [0.2, 0.25) is 0 Å². The van der Waals surface area contributed by atoms with Crippen molar-refractivity contribution < 1.29 is 23.5 Å². The molecule has 1 N–H and O–H groups in total. The molecule has 8 nitrogen and oxygen atoms in total. The number of carbonyl (C=O) groups is 3. The average molecular weight is 373 g/mol. The van der Waals surface area contributed by atoms with Gasteiger partial charge in [-0.2, -0.15) is 0 Å². The summed E-state index contributed by atoms with van der Waals surface area (Å²) in [4.78, 5) is 42.5. The third kappa shape index (κ3) is 4.64. The molecule has 1 aliphatic heterocycles. The van der Waals surface area contributed by atoms with E-state index in [2.05, 4.69) is 10.3 Å². The second kappa shape index (κ2) is 8.66. The molecule has 0 radical (unpaired) electrons. The van der Waals surface area contributed by atoms with Crippen LogP contribution in [-0.4, -0.2) is 53.4 Å². The summed E-state index contributed by atoms with van der Waals surface area (Å²) in [5.41, 5.74) is 1.08. The molecule has 3 rings (SSSR count). The standard InChI is InChI=1S/C19H23N3O5/c1-2-13(17(24)18-20-14-8-4-5-9-15(14)27-18)21-19(25)26-12-16(23)22-10-6-3-7-11-22/h4-5,8-9,13H,2-3,6-7,10-12H2,1H3,(H,21,25). The Hall–Kier alpha value is -2.90. The average Bonchev–Trinajstić information content (AvgIpc) is 3.14. The minimum absolute atomic E-state index is 0.0623. The number of hydrogen-bond acceptors (Lipinski definition) is 6. The molecule has 1 unspecified atom stereocenters. The second-order valence-electron chi connectivity index (χ2n) is 6.47. The number of carbonyl (C=O) groups excluding carboxylic acids is 3. The monoisotopic (exact) mass is 373 g/mol. The number of benzene rings is 1. The van der Waals surface area contributed by atoms with Gasteiger partial charge in [0.1, 0.15) is 11.6 Å². The summed E-state index contributed by atoms with van der Waals surface area (Å²) in [7, 11) is 0. The number of piperidine rings is 1. The highest BCUT2D eigenvalue weighted by Gasteiger charge is 2.26. The summed E-state index contributed by atoms with van der Waals surface area (Å²) in [6.45, 7) is 2.80. The smallest absolute Gasteiger partial charge is 0.408 e. The number of oxazole rings is 1. The van der Waals surface area contributed by atoms with Gasteiger partial charge in [-0.3, -0.25) is 9.59 Å². The Morgan fingerprint density at radius 3 is 2.67 bits per heavy atom. The molecule has 8 heteroatoms. The summed E-state index contributed by atoms with van der Waals surface area (Å²) in [6.07, 6.45) is 2.58. The Morgan fingerprint density at radius 1 is 1.22 bits per heavy atom. The minimum Gasteiger partial charge on any atom is -0.439 e. The zero-order valence-electron chi connectivity index (χ0n) is 15.3. The molecule has 0 bridgehead atoms. The molecular weight excluding hydrogens is 350 g/mol. The lowest BCUT2D eigenvalue weighted by atomic mass is 10.1. The second-order valence-corrected chi connectivity index (χ2v) is 6.47. The van der Waals surface area contributed by atoms with E-state index in [1.165, 1.54) is 0 Å². The molecule has 1 aromatic carbocycles. The maximum atomic E-state index is 12.6. The highest BCUT2D eigenvalue weighted by Crippen LogP contribution is 2.16. The number of fused-ring (bicyclic) bond motifs is 1. The van der Waals surface area contributed by atoms with Gasteiger partial charge in [-0.05, 0) is 37.8 Å². The van der Waals surface area contributed by atoms with Gasteiger partial charge < -0.3 is 19.4 Å². The Balaban J connectivity index is 1.54. The first-order chi connectivity index (χ1) is 13.1. The number of likely N-dealkylation sites (tertiary alicyclic amines) is 1. The maximum Gasteiger partial charge on any atom is 0.408 e. The highest BCUT2D eigenvalue weighted by atomic mass is 16.6. The number of alkyl carbamates (subject to hydrolysis) is 1. The number of nitrogens with one attached hydrogen (secondary N) is 1. The first-order valence-electron chi connectivity index (χ1n) is 9.19. The van der Waals surface area contributed by atoms with E-state index in [4.69, 9.17) is 9.15 Å². The van der Waals surface area contributed by atoms with Gasteiger partial charge in [0, 0.05) is 13.1 Å². The number of amides is 2. The third-order valence-corrected chi connectivity index (χ3v) is 4.56. The highest BCUT2D eigenvalue weighted by molar-refractivity contribution is 5.99. The molecule has 0 spiro atoms. The van der Waals surface area contributed by atoms with Crippen LogP contribution >= 0.6 is 0 Å². The Labute approximate surface area is 156 Å². The minimum atomic E-state index is -0.837. The molecule has 2 heterocycles. The van der Waals surface area contributed by atoms with Crippen molar-refractivity contribution in [3.8, 4) is 0 Å². The zero-order chi connectivity index (χ0) is 19.2. The van der Waals surface area contributed by atoms with Crippen LogP contribution in [0, 0.1) is 0 Å². The van der Waals surface area contributed by atoms with E-state index in [1.807, 2.05) is 0 Å². The van der Waals surface area contributed by atoms with E-state index >= 15 is 0 Å².